The van der Waals surface area contributed by atoms with Crippen LogP contribution >= 0.6 is 11.6 Å². The molecule has 0 aliphatic heterocycles. The average Bonchev–Trinajstić information content (AvgIpc) is 3.06. The molecule has 0 atom stereocenters. The van der Waals surface area contributed by atoms with Crippen molar-refractivity contribution < 1.29 is 4.79 Å². The summed E-state index contributed by atoms with van der Waals surface area (Å²) in [7, 11) is 0. The van der Waals surface area contributed by atoms with Crippen LogP contribution in [0.1, 0.15) is 11.4 Å². The Labute approximate surface area is 143 Å². The molecule has 1 aromatic heterocycles. The van der Waals surface area contributed by atoms with Crippen molar-refractivity contribution in [3.63, 3.8) is 0 Å². The van der Waals surface area contributed by atoms with Crippen LogP contribution < -0.4 is 5.43 Å². The molecular formula is C17H14ClN5O. The second-order valence-electron chi connectivity index (χ2n) is 4.99. The standard InChI is InChI=1S/C17H14ClN5O/c18-14-8-6-12(7-9-14)11-19-22-16(24)10-15-20-17(23-21-15)13-4-2-1-3-5-13/h1-9,11H,10H2,(H,22,24)(H,20,21,23)/b19-11-. The monoisotopic (exact) mass is 339 g/mol. The molecule has 120 valence electrons. The van der Waals surface area contributed by atoms with E-state index in [0.717, 1.165) is 11.1 Å². The van der Waals surface area contributed by atoms with Gasteiger partial charge in [0.25, 0.3) is 0 Å². The van der Waals surface area contributed by atoms with E-state index in [2.05, 4.69) is 25.7 Å². The van der Waals surface area contributed by atoms with Crippen molar-refractivity contribution in [3.8, 4) is 11.4 Å². The largest absolute Gasteiger partial charge is 0.273 e. The van der Waals surface area contributed by atoms with E-state index < -0.39 is 0 Å². The second-order valence-corrected chi connectivity index (χ2v) is 5.43. The molecule has 3 aromatic rings. The van der Waals surface area contributed by atoms with Crippen LogP contribution in [-0.4, -0.2) is 27.3 Å². The van der Waals surface area contributed by atoms with Gasteiger partial charge in [-0.2, -0.15) is 10.2 Å². The Hall–Kier alpha value is -2.99. The summed E-state index contributed by atoms with van der Waals surface area (Å²) in [5, 5.41) is 11.4. The van der Waals surface area contributed by atoms with Crippen LogP contribution in [-0.2, 0) is 11.2 Å². The van der Waals surface area contributed by atoms with Gasteiger partial charge in [-0.05, 0) is 17.7 Å². The molecule has 0 bridgehead atoms. The first kappa shape index (κ1) is 15.9. The molecule has 0 aliphatic carbocycles. The Morgan fingerprint density at radius 2 is 1.92 bits per heavy atom. The summed E-state index contributed by atoms with van der Waals surface area (Å²) in [5.41, 5.74) is 4.18. The van der Waals surface area contributed by atoms with Gasteiger partial charge in [0, 0.05) is 10.6 Å². The number of carbonyl (C=O) groups is 1. The van der Waals surface area contributed by atoms with Gasteiger partial charge in [0.05, 0.1) is 12.6 Å². The lowest BCUT2D eigenvalue weighted by atomic mass is 10.2. The molecule has 3 rings (SSSR count). The highest BCUT2D eigenvalue weighted by Crippen LogP contribution is 2.13. The molecule has 0 spiro atoms. The zero-order valence-electron chi connectivity index (χ0n) is 12.6. The fourth-order valence-electron chi connectivity index (χ4n) is 2.01. The quantitative estimate of drug-likeness (QED) is 0.554. The van der Waals surface area contributed by atoms with Gasteiger partial charge in [0.15, 0.2) is 5.82 Å². The van der Waals surface area contributed by atoms with Gasteiger partial charge in [-0.3, -0.25) is 9.89 Å². The van der Waals surface area contributed by atoms with E-state index in [0.29, 0.717) is 16.7 Å². The molecular weight excluding hydrogens is 326 g/mol. The maximum absolute atomic E-state index is 11.9. The second kappa shape index (κ2) is 7.52. The normalized spacial score (nSPS) is 10.9. The molecule has 0 fully saturated rings. The van der Waals surface area contributed by atoms with Crippen LogP contribution in [0.15, 0.2) is 59.7 Å². The van der Waals surface area contributed by atoms with Gasteiger partial charge in [-0.25, -0.2) is 10.4 Å². The first-order chi connectivity index (χ1) is 11.7. The number of amides is 1. The van der Waals surface area contributed by atoms with Crippen LogP contribution in [0.2, 0.25) is 5.02 Å². The van der Waals surface area contributed by atoms with Crippen molar-refractivity contribution in [3.05, 3.63) is 71.0 Å². The number of hydrogen-bond donors (Lipinski definition) is 2. The molecule has 0 saturated carbocycles. The molecule has 0 saturated heterocycles. The van der Waals surface area contributed by atoms with Crippen LogP contribution in [0, 0.1) is 0 Å². The van der Waals surface area contributed by atoms with E-state index in [9.17, 15) is 4.79 Å². The van der Waals surface area contributed by atoms with Gasteiger partial charge in [-0.15, -0.1) is 0 Å². The van der Waals surface area contributed by atoms with Gasteiger partial charge >= 0.3 is 0 Å². The SMILES string of the molecule is O=C(Cc1nc(-c2ccccc2)n[nH]1)N/N=C\c1ccc(Cl)cc1. The molecule has 0 radical (unpaired) electrons. The van der Waals surface area contributed by atoms with Crippen molar-refractivity contribution in [1.82, 2.24) is 20.6 Å². The zero-order chi connectivity index (χ0) is 16.8. The number of hydrogen-bond acceptors (Lipinski definition) is 4. The summed E-state index contributed by atoms with van der Waals surface area (Å²) in [6, 6.07) is 16.7. The van der Waals surface area contributed by atoms with Crippen molar-refractivity contribution in [1.29, 1.82) is 0 Å². The predicted octanol–water partition coefficient (Wildman–Crippen LogP) is 2.82. The highest BCUT2D eigenvalue weighted by atomic mass is 35.5. The Bertz CT molecular complexity index is 843. The molecule has 1 heterocycles. The van der Waals surface area contributed by atoms with Crippen molar-refractivity contribution >= 4 is 23.7 Å². The Morgan fingerprint density at radius 3 is 2.67 bits per heavy atom. The minimum absolute atomic E-state index is 0.0673. The third-order valence-corrected chi connectivity index (χ3v) is 3.42. The van der Waals surface area contributed by atoms with E-state index in [1.165, 1.54) is 0 Å². The lowest BCUT2D eigenvalue weighted by Crippen LogP contribution is -2.20. The lowest BCUT2D eigenvalue weighted by Gasteiger charge is -1.97. The van der Waals surface area contributed by atoms with E-state index in [1.54, 1.807) is 30.5 Å². The van der Waals surface area contributed by atoms with E-state index >= 15 is 0 Å². The van der Waals surface area contributed by atoms with Gasteiger partial charge < -0.3 is 0 Å². The number of aromatic amines is 1. The summed E-state index contributed by atoms with van der Waals surface area (Å²) in [5.74, 6) is 0.757. The predicted molar refractivity (Wildman–Crippen MR) is 92.7 cm³/mol. The summed E-state index contributed by atoms with van der Waals surface area (Å²) in [6.45, 7) is 0. The minimum Gasteiger partial charge on any atom is -0.273 e. The smallest absolute Gasteiger partial charge is 0.247 e. The van der Waals surface area contributed by atoms with Gasteiger partial charge in [-0.1, -0.05) is 54.1 Å². The third-order valence-electron chi connectivity index (χ3n) is 3.16. The number of carbonyl (C=O) groups excluding carboxylic acids is 1. The number of benzene rings is 2. The maximum atomic E-state index is 11.9. The molecule has 0 unspecified atom stereocenters. The summed E-state index contributed by atoms with van der Waals surface area (Å²) in [4.78, 5) is 16.2. The Kier molecular flexibility index (Phi) is 4.98. The summed E-state index contributed by atoms with van der Waals surface area (Å²) in [6.07, 6.45) is 1.61. The number of rotatable bonds is 5. The van der Waals surface area contributed by atoms with Gasteiger partial charge in [0.1, 0.15) is 5.82 Å². The first-order valence-electron chi connectivity index (χ1n) is 7.25. The number of H-pyrrole nitrogens is 1. The first-order valence-corrected chi connectivity index (χ1v) is 7.63. The Balaban J connectivity index is 1.55. The third kappa shape index (κ3) is 4.27. The van der Waals surface area contributed by atoms with Crippen molar-refractivity contribution in [2.75, 3.05) is 0 Å². The number of nitrogens with zero attached hydrogens (tertiary/aromatic N) is 3. The fourth-order valence-corrected chi connectivity index (χ4v) is 2.14. The van der Waals surface area contributed by atoms with Crippen LogP contribution in [0.5, 0.6) is 0 Å². The number of hydrazone groups is 1. The minimum atomic E-state index is -0.282. The molecule has 6 nitrogen and oxygen atoms in total. The topological polar surface area (TPSA) is 83.0 Å². The van der Waals surface area contributed by atoms with Crippen molar-refractivity contribution in [2.24, 2.45) is 5.10 Å². The number of nitrogens with one attached hydrogen (secondary N) is 2. The van der Waals surface area contributed by atoms with E-state index in [4.69, 9.17) is 11.6 Å². The molecule has 7 heteroatoms. The van der Waals surface area contributed by atoms with Gasteiger partial charge in [0.2, 0.25) is 5.91 Å². The fraction of sp³-hybridized carbons (Fsp3) is 0.0588. The Morgan fingerprint density at radius 1 is 1.17 bits per heavy atom. The number of aromatic nitrogens is 3. The van der Waals surface area contributed by atoms with Crippen LogP contribution in [0.4, 0.5) is 0 Å². The highest BCUT2D eigenvalue weighted by Gasteiger charge is 2.09. The van der Waals surface area contributed by atoms with Crippen LogP contribution in [0.3, 0.4) is 0 Å². The molecule has 0 aliphatic rings. The van der Waals surface area contributed by atoms with E-state index in [1.807, 2.05) is 30.3 Å². The average molecular weight is 340 g/mol. The molecule has 1 amide bonds. The summed E-state index contributed by atoms with van der Waals surface area (Å²) < 4.78 is 0. The molecule has 2 aromatic carbocycles. The maximum Gasteiger partial charge on any atom is 0.247 e. The summed E-state index contributed by atoms with van der Waals surface area (Å²) >= 11 is 5.80. The highest BCUT2D eigenvalue weighted by molar-refractivity contribution is 6.30. The lowest BCUT2D eigenvalue weighted by molar-refractivity contribution is -0.120. The molecule has 24 heavy (non-hydrogen) atoms. The van der Waals surface area contributed by atoms with E-state index in [-0.39, 0.29) is 12.3 Å². The number of halogens is 1. The van der Waals surface area contributed by atoms with Crippen molar-refractivity contribution in [2.45, 2.75) is 6.42 Å². The molecule has 2 N–H and O–H groups in total. The van der Waals surface area contributed by atoms with Crippen LogP contribution in [0.25, 0.3) is 11.4 Å². The zero-order valence-corrected chi connectivity index (χ0v) is 13.4.